The summed E-state index contributed by atoms with van der Waals surface area (Å²) in [4.78, 5) is 15.3. The number of nitrogens with one attached hydrogen (secondary N) is 1. The van der Waals surface area contributed by atoms with Crippen LogP contribution in [0.25, 0.3) is 10.9 Å². The van der Waals surface area contributed by atoms with Gasteiger partial charge in [-0.15, -0.1) is 0 Å². The Morgan fingerprint density at radius 2 is 2.27 bits per heavy atom. The summed E-state index contributed by atoms with van der Waals surface area (Å²) >= 11 is 0. The van der Waals surface area contributed by atoms with Gasteiger partial charge in [0.05, 0.1) is 12.5 Å². The maximum Gasteiger partial charge on any atom is 0.387 e. The van der Waals surface area contributed by atoms with E-state index in [9.17, 15) is 13.6 Å². The highest BCUT2D eigenvalue weighted by molar-refractivity contribution is 5.89. The van der Waals surface area contributed by atoms with Crippen molar-refractivity contribution in [3.63, 3.8) is 0 Å². The van der Waals surface area contributed by atoms with E-state index in [1.54, 1.807) is 19.1 Å². The number of hydrogen-bond donors (Lipinski definition) is 1. The Morgan fingerprint density at radius 1 is 1.45 bits per heavy atom. The van der Waals surface area contributed by atoms with E-state index in [4.69, 9.17) is 4.74 Å². The van der Waals surface area contributed by atoms with Crippen LogP contribution in [0.4, 0.5) is 8.78 Å². The van der Waals surface area contributed by atoms with Gasteiger partial charge >= 0.3 is 12.6 Å². The zero-order valence-corrected chi connectivity index (χ0v) is 12.2. The number of alkyl halides is 2. The van der Waals surface area contributed by atoms with Gasteiger partial charge in [0, 0.05) is 16.6 Å². The molecule has 1 heterocycles. The van der Waals surface area contributed by atoms with Crippen molar-refractivity contribution >= 4 is 16.9 Å². The number of benzene rings is 1. The molecule has 0 spiro atoms. The molecule has 1 aromatic heterocycles. The number of aryl methyl sites for hydroxylation is 1. The molecule has 0 bridgehead atoms. The molecule has 0 aliphatic heterocycles. The maximum absolute atomic E-state index is 12.3. The Hall–Kier alpha value is -2.11. The molecule has 1 aliphatic carbocycles. The number of aromatic amines is 1. The quantitative estimate of drug-likeness (QED) is 0.875. The molecule has 6 heteroatoms. The lowest BCUT2D eigenvalue weighted by Gasteiger charge is -2.20. The predicted molar refractivity (Wildman–Crippen MR) is 77.2 cm³/mol. The average molecular weight is 309 g/mol. The van der Waals surface area contributed by atoms with Gasteiger partial charge in [-0.1, -0.05) is 0 Å². The fraction of sp³-hybridized carbons (Fsp3) is 0.438. The lowest BCUT2D eigenvalue weighted by molar-refractivity contribution is -0.145. The second kappa shape index (κ2) is 5.94. The Balaban J connectivity index is 2.01. The molecule has 22 heavy (non-hydrogen) atoms. The molecule has 118 valence electrons. The first-order valence-electron chi connectivity index (χ1n) is 7.36. The van der Waals surface area contributed by atoms with Gasteiger partial charge in [0.15, 0.2) is 0 Å². The second-order valence-corrected chi connectivity index (χ2v) is 5.30. The third-order valence-electron chi connectivity index (χ3n) is 3.97. The Labute approximate surface area is 126 Å². The molecule has 1 N–H and O–H groups in total. The van der Waals surface area contributed by atoms with E-state index in [0.717, 1.165) is 41.4 Å². The zero-order valence-electron chi connectivity index (χ0n) is 12.2. The van der Waals surface area contributed by atoms with E-state index in [2.05, 4.69) is 9.72 Å². The number of aromatic nitrogens is 1. The Kier molecular flexibility index (Phi) is 4.00. The minimum atomic E-state index is -2.85. The summed E-state index contributed by atoms with van der Waals surface area (Å²) < 4.78 is 34.3. The summed E-state index contributed by atoms with van der Waals surface area (Å²) in [6.45, 7) is -0.725. The molecule has 1 atom stereocenters. The van der Waals surface area contributed by atoms with Crippen LogP contribution in [0, 0.1) is 0 Å². The minimum Gasteiger partial charge on any atom is -0.465 e. The van der Waals surface area contributed by atoms with Gasteiger partial charge in [0.25, 0.3) is 0 Å². The van der Waals surface area contributed by atoms with Crippen LogP contribution in [0.3, 0.4) is 0 Å². The first kappa shape index (κ1) is 14.8. The number of hydrogen-bond acceptors (Lipinski definition) is 3. The predicted octanol–water partition coefficient (Wildman–Crippen LogP) is 3.75. The first-order valence-corrected chi connectivity index (χ1v) is 7.36. The number of fused-ring (bicyclic) bond motifs is 3. The van der Waals surface area contributed by atoms with Crippen molar-refractivity contribution in [2.45, 2.75) is 38.7 Å². The average Bonchev–Trinajstić information content (AvgIpc) is 2.85. The van der Waals surface area contributed by atoms with Crippen molar-refractivity contribution < 1.29 is 23.0 Å². The van der Waals surface area contributed by atoms with Gasteiger partial charge < -0.3 is 14.5 Å². The normalized spacial score (nSPS) is 17.5. The van der Waals surface area contributed by atoms with Crippen molar-refractivity contribution in [3.8, 4) is 5.75 Å². The summed E-state index contributed by atoms with van der Waals surface area (Å²) in [5.41, 5.74) is 2.66. The molecule has 0 fully saturated rings. The number of halogens is 2. The second-order valence-electron chi connectivity index (χ2n) is 5.30. The van der Waals surface area contributed by atoms with E-state index in [1.807, 2.05) is 0 Å². The van der Waals surface area contributed by atoms with Gasteiger partial charge in [-0.3, -0.25) is 4.79 Å². The number of esters is 1. The number of rotatable bonds is 4. The highest BCUT2D eigenvalue weighted by atomic mass is 19.3. The molecule has 2 aromatic rings. The molecule has 1 aliphatic rings. The number of ether oxygens (including phenoxy) is 2. The van der Waals surface area contributed by atoms with E-state index in [-0.39, 0.29) is 17.6 Å². The van der Waals surface area contributed by atoms with Crippen molar-refractivity contribution in [1.29, 1.82) is 0 Å². The number of H-pyrrole nitrogens is 1. The molecular formula is C16H17F2NO3. The molecule has 0 saturated carbocycles. The molecule has 0 saturated heterocycles. The summed E-state index contributed by atoms with van der Waals surface area (Å²) in [7, 11) is 0. The summed E-state index contributed by atoms with van der Waals surface area (Å²) in [5, 5.41) is 0.835. The monoisotopic (exact) mass is 309 g/mol. The molecule has 4 nitrogen and oxygen atoms in total. The Morgan fingerprint density at radius 3 is 3.00 bits per heavy atom. The SMILES string of the molecule is CCOC(=O)C1CCCc2c1[nH]c1ccc(OC(F)F)cc21. The van der Waals surface area contributed by atoms with Gasteiger partial charge in [-0.05, 0) is 49.9 Å². The number of carbonyl (C=O) groups is 1. The highest BCUT2D eigenvalue weighted by Gasteiger charge is 2.30. The van der Waals surface area contributed by atoms with Crippen LogP contribution in [0.15, 0.2) is 18.2 Å². The van der Waals surface area contributed by atoms with E-state index >= 15 is 0 Å². The third-order valence-corrected chi connectivity index (χ3v) is 3.97. The van der Waals surface area contributed by atoms with Gasteiger partial charge in [0.2, 0.25) is 0 Å². The summed E-state index contributed by atoms with van der Waals surface area (Å²) in [5.74, 6) is -0.419. The van der Waals surface area contributed by atoms with E-state index in [1.165, 1.54) is 6.07 Å². The van der Waals surface area contributed by atoms with Crippen LogP contribution in [0.2, 0.25) is 0 Å². The minimum absolute atomic E-state index is 0.127. The van der Waals surface area contributed by atoms with Crippen molar-refractivity contribution in [1.82, 2.24) is 4.98 Å². The topological polar surface area (TPSA) is 51.3 Å². The van der Waals surface area contributed by atoms with Gasteiger partial charge in [0.1, 0.15) is 5.75 Å². The third kappa shape index (κ3) is 2.65. The van der Waals surface area contributed by atoms with Crippen LogP contribution in [0.1, 0.15) is 36.9 Å². The zero-order chi connectivity index (χ0) is 15.7. The fourth-order valence-corrected chi connectivity index (χ4v) is 3.10. The van der Waals surface area contributed by atoms with Crippen LogP contribution in [-0.4, -0.2) is 24.2 Å². The van der Waals surface area contributed by atoms with Gasteiger partial charge in [-0.2, -0.15) is 8.78 Å². The highest BCUT2D eigenvalue weighted by Crippen LogP contribution is 2.38. The summed E-state index contributed by atoms with van der Waals surface area (Å²) in [6.07, 6.45) is 2.41. The molecule has 3 rings (SSSR count). The van der Waals surface area contributed by atoms with Crippen molar-refractivity contribution in [2.24, 2.45) is 0 Å². The van der Waals surface area contributed by atoms with Crippen molar-refractivity contribution in [2.75, 3.05) is 6.61 Å². The van der Waals surface area contributed by atoms with Crippen LogP contribution in [-0.2, 0) is 16.0 Å². The first-order chi connectivity index (χ1) is 10.6. The molecule has 1 unspecified atom stereocenters. The van der Waals surface area contributed by atoms with Crippen molar-refractivity contribution in [3.05, 3.63) is 29.5 Å². The van der Waals surface area contributed by atoms with Crippen LogP contribution in [0.5, 0.6) is 5.75 Å². The summed E-state index contributed by atoms with van der Waals surface area (Å²) in [6, 6.07) is 4.80. The lowest BCUT2D eigenvalue weighted by atomic mass is 9.87. The Bertz CT molecular complexity index is 696. The van der Waals surface area contributed by atoms with E-state index in [0.29, 0.717) is 6.61 Å². The lowest BCUT2D eigenvalue weighted by Crippen LogP contribution is -2.20. The fourth-order valence-electron chi connectivity index (χ4n) is 3.10. The standard InChI is InChI=1S/C16H17F2NO3/c1-2-21-15(20)11-5-3-4-10-12-8-9(22-16(17)18)6-7-13(12)19-14(10)11/h6-8,11,16,19H,2-5H2,1H3. The molecule has 1 aromatic carbocycles. The molecular weight excluding hydrogens is 292 g/mol. The largest absolute Gasteiger partial charge is 0.465 e. The maximum atomic E-state index is 12.3. The number of carbonyl (C=O) groups excluding carboxylic acids is 1. The van der Waals surface area contributed by atoms with Crippen LogP contribution >= 0.6 is 0 Å². The van der Waals surface area contributed by atoms with E-state index < -0.39 is 6.61 Å². The molecule has 0 radical (unpaired) electrons. The van der Waals surface area contributed by atoms with Gasteiger partial charge in [-0.25, -0.2) is 0 Å². The van der Waals surface area contributed by atoms with Crippen LogP contribution < -0.4 is 4.74 Å². The smallest absolute Gasteiger partial charge is 0.387 e. The molecule has 0 amide bonds.